The largest absolute Gasteiger partial charge is 0.467 e. The molecule has 4 aromatic rings. The van der Waals surface area contributed by atoms with Gasteiger partial charge in [0.25, 0.3) is 5.91 Å². The number of aromatic nitrogens is 1. The molecule has 3 heterocycles. The van der Waals surface area contributed by atoms with Gasteiger partial charge >= 0.3 is 0 Å². The van der Waals surface area contributed by atoms with Crippen LogP contribution in [-0.4, -0.2) is 16.7 Å². The highest BCUT2D eigenvalue weighted by Gasteiger charge is 2.33. The van der Waals surface area contributed by atoms with Crippen LogP contribution in [0.4, 0.5) is 5.00 Å². The number of aryl methyl sites for hydroxylation is 1. The summed E-state index contributed by atoms with van der Waals surface area (Å²) in [4.78, 5) is 19.8. The molecule has 0 radical (unpaired) electrons. The second kappa shape index (κ2) is 10.8. The van der Waals surface area contributed by atoms with Crippen LogP contribution in [0.3, 0.4) is 0 Å². The average Bonchev–Trinajstić information content (AvgIpc) is 3.59. The summed E-state index contributed by atoms with van der Waals surface area (Å²) in [6.45, 7) is 11.5. The summed E-state index contributed by atoms with van der Waals surface area (Å²) in [6, 6.07) is 14.4. The van der Waals surface area contributed by atoms with Crippen molar-refractivity contribution in [1.29, 1.82) is 0 Å². The van der Waals surface area contributed by atoms with Crippen LogP contribution in [0, 0.1) is 28.8 Å². The molecule has 198 valence electrons. The molecule has 0 bridgehead atoms. The number of nitrogens with zero attached hydrogens (tertiary/aromatic N) is 2. The molecule has 5 rings (SSSR count). The molecule has 1 atom stereocenters. The SMILES string of the molecule is Cc1cc(C=Nc2sc3c(c2C(=O)NCc2ccco2)CC[C@@H](C(C)(C)C)C3)c(C)n1-c1ccc(I)cc1. The molecule has 1 aliphatic carbocycles. The van der Waals surface area contributed by atoms with E-state index in [0.717, 1.165) is 58.2 Å². The fourth-order valence-electron chi connectivity index (χ4n) is 5.34. The predicted octanol–water partition coefficient (Wildman–Crippen LogP) is 8.18. The number of fused-ring (bicyclic) bond motifs is 1. The minimum atomic E-state index is -0.0791. The molecule has 0 spiro atoms. The molecule has 1 N–H and O–H groups in total. The zero-order chi connectivity index (χ0) is 27.0. The number of benzene rings is 1. The molecule has 0 saturated heterocycles. The van der Waals surface area contributed by atoms with Crippen LogP contribution in [-0.2, 0) is 19.4 Å². The van der Waals surface area contributed by atoms with Crippen molar-refractivity contribution in [2.75, 3.05) is 0 Å². The van der Waals surface area contributed by atoms with Crippen molar-refractivity contribution in [3.63, 3.8) is 0 Å². The van der Waals surface area contributed by atoms with Crippen molar-refractivity contribution in [3.8, 4) is 5.69 Å². The molecule has 0 saturated carbocycles. The number of aliphatic imine (C=N–C) groups is 1. The van der Waals surface area contributed by atoms with Gasteiger partial charge in [-0.15, -0.1) is 11.3 Å². The van der Waals surface area contributed by atoms with E-state index in [1.165, 1.54) is 14.0 Å². The second-order valence-electron chi connectivity index (χ2n) is 11.1. The number of nitrogens with one attached hydrogen (secondary N) is 1. The Hall–Kier alpha value is -2.65. The van der Waals surface area contributed by atoms with Crippen LogP contribution in [0.2, 0.25) is 0 Å². The maximum absolute atomic E-state index is 13.5. The Morgan fingerprint density at radius 3 is 2.68 bits per heavy atom. The zero-order valence-electron chi connectivity index (χ0n) is 22.6. The molecule has 0 fully saturated rings. The molecule has 0 unspecified atom stereocenters. The second-order valence-corrected chi connectivity index (χ2v) is 13.5. The summed E-state index contributed by atoms with van der Waals surface area (Å²) in [6.07, 6.45) is 6.55. The Balaban J connectivity index is 1.48. The first-order chi connectivity index (χ1) is 18.1. The highest BCUT2D eigenvalue weighted by molar-refractivity contribution is 14.1. The normalized spacial score (nSPS) is 15.7. The van der Waals surface area contributed by atoms with E-state index >= 15 is 0 Å². The van der Waals surface area contributed by atoms with Crippen molar-refractivity contribution in [1.82, 2.24) is 9.88 Å². The number of carbonyl (C=O) groups is 1. The Bertz CT molecular complexity index is 1470. The Labute approximate surface area is 242 Å². The van der Waals surface area contributed by atoms with Gasteiger partial charge in [-0.05, 0) is 115 Å². The number of thiophene rings is 1. The number of hydrogen-bond donors (Lipinski definition) is 1. The van der Waals surface area contributed by atoms with Gasteiger partial charge in [-0.1, -0.05) is 20.8 Å². The average molecular weight is 640 g/mol. The lowest BCUT2D eigenvalue weighted by Crippen LogP contribution is -2.28. The molecule has 7 heteroatoms. The summed E-state index contributed by atoms with van der Waals surface area (Å²) in [7, 11) is 0. The van der Waals surface area contributed by atoms with E-state index in [0.29, 0.717) is 12.5 Å². The fraction of sp³-hybridized carbons (Fsp3) is 0.355. The van der Waals surface area contributed by atoms with Crippen LogP contribution in [0.25, 0.3) is 5.69 Å². The van der Waals surface area contributed by atoms with Gasteiger partial charge < -0.3 is 14.3 Å². The summed E-state index contributed by atoms with van der Waals surface area (Å²) >= 11 is 4.01. The van der Waals surface area contributed by atoms with Gasteiger partial charge in [0.1, 0.15) is 10.8 Å². The lowest BCUT2D eigenvalue weighted by molar-refractivity contribution is 0.0947. The molecule has 0 aliphatic heterocycles. The van der Waals surface area contributed by atoms with Crippen molar-refractivity contribution in [3.05, 3.63) is 91.0 Å². The first-order valence-corrected chi connectivity index (χ1v) is 15.0. The van der Waals surface area contributed by atoms with Crippen molar-refractivity contribution >= 4 is 51.1 Å². The highest BCUT2D eigenvalue weighted by atomic mass is 127. The zero-order valence-corrected chi connectivity index (χ0v) is 25.6. The molecule has 38 heavy (non-hydrogen) atoms. The molecule has 3 aromatic heterocycles. The van der Waals surface area contributed by atoms with Gasteiger partial charge in [-0.3, -0.25) is 4.79 Å². The van der Waals surface area contributed by atoms with Crippen LogP contribution < -0.4 is 5.32 Å². The Kier molecular flexibility index (Phi) is 7.69. The van der Waals surface area contributed by atoms with E-state index in [1.54, 1.807) is 17.6 Å². The van der Waals surface area contributed by atoms with Gasteiger partial charge in [0.05, 0.1) is 18.4 Å². The summed E-state index contributed by atoms with van der Waals surface area (Å²) in [5.41, 5.74) is 6.61. The van der Waals surface area contributed by atoms with Crippen molar-refractivity contribution < 1.29 is 9.21 Å². The van der Waals surface area contributed by atoms with Crippen molar-refractivity contribution in [2.24, 2.45) is 16.3 Å². The van der Waals surface area contributed by atoms with Gasteiger partial charge in [0.15, 0.2) is 0 Å². The minimum Gasteiger partial charge on any atom is -0.467 e. The maximum Gasteiger partial charge on any atom is 0.255 e. The van der Waals surface area contributed by atoms with E-state index in [9.17, 15) is 4.79 Å². The summed E-state index contributed by atoms with van der Waals surface area (Å²) in [5.74, 6) is 1.25. The minimum absolute atomic E-state index is 0.0791. The van der Waals surface area contributed by atoms with Crippen molar-refractivity contribution in [2.45, 2.75) is 60.4 Å². The first kappa shape index (κ1) is 26.9. The van der Waals surface area contributed by atoms with Gasteiger partial charge in [-0.25, -0.2) is 4.99 Å². The third kappa shape index (κ3) is 5.54. The number of carbonyl (C=O) groups excluding carboxylic acids is 1. The van der Waals surface area contributed by atoms with Crippen LogP contribution in [0.5, 0.6) is 0 Å². The molecule has 1 aromatic carbocycles. The van der Waals surface area contributed by atoms with E-state index in [1.807, 2.05) is 18.3 Å². The lowest BCUT2D eigenvalue weighted by atomic mass is 9.72. The third-order valence-corrected chi connectivity index (χ3v) is 9.46. The number of furan rings is 1. The lowest BCUT2D eigenvalue weighted by Gasteiger charge is -2.33. The van der Waals surface area contributed by atoms with Crippen LogP contribution >= 0.6 is 33.9 Å². The topological polar surface area (TPSA) is 59.5 Å². The molecular formula is C31H34IN3O2S. The number of amides is 1. The van der Waals surface area contributed by atoms with Crippen LogP contribution in [0.15, 0.2) is 58.1 Å². The summed E-state index contributed by atoms with van der Waals surface area (Å²) < 4.78 is 8.89. The Morgan fingerprint density at radius 1 is 1.24 bits per heavy atom. The number of rotatable bonds is 6. The summed E-state index contributed by atoms with van der Waals surface area (Å²) in [5, 5.41) is 3.86. The number of hydrogen-bond acceptors (Lipinski definition) is 4. The van der Waals surface area contributed by atoms with E-state index in [4.69, 9.17) is 9.41 Å². The van der Waals surface area contributed by atoms with E-state index in [2.05, 4.69) is 97.4 Å². The third-order valence-electron chi connectivity index (χ3n) is 7.58. The standard InChI is InChI=1S/C31H34IN3O2S/c1-19-15-21(20(2)35(19)24-11-9-23(32)10-12-24)17-34-30-28(29(36)33-18-25-7-6-14-37-25)26-13-8-22(31(3,4)5)16-27(26)38-30/h6-7,9-12,14-15,17,22H,8,13,16,18H2,1-5H3,(H,33,36)/t22-/m1/s1. The highest BCUT2D eigenvalue weighted by Crippen LogP contribution is 2.45. The van der Waals surface area contributed by atoms with Gasteiger partial charge in [-0.2, -0.15) is 0 Å². The monoisotopic (exact) mass is 639 g/mol. The first-order valence-electron chi connectivity index (χ1n) is 13.1. The maximum atomic E-state index is 13.5. The molecule has 1 amide bonds. The molecule has 1 aliphatic rings. The smallest absolute Gasteiger partial charge is 0.255 e. The number of halogens is 1. The Morgan fingerprint density at radius 2 is 2.00 bits per heavy atom. The van der Waals surface area contributed by atoms with E-state index in [-0.39, 0.29) is 11.3 Å². The van der Waals surface area contributed by atoms with Crippen LogP contribution in [0.1, 0.15) is 70.7 Å². The van der Waals surface area contributed by atoms with Gasteiger partial charge in [0.2, 0.25) is 0 Å². The quantitative estimate of drug-likeness (QED) is 0.171. The van der Waals surface area contributed by atoms with Gasteiger partial charge in [0, 0.05) is 37.3 Å². The predicted molar refractivity (Wildman–Crippen MR) is 164 cm³/mol. The molecular weight excluding hydrogens is 605 g/mol. The van der Waals surface area contributed by atoms with E-state index < -0.39 is 0 Å². The molecule has 5 nitrogen and oxygen atoms in total. The fourth-order valence-corrected chi connectivity index (χ4v) is 6.97.